The smallest absolute Gasteiger partial charge is 0.293 e. The molecule has 2 aliphatic carbocycles. The number of pyridine rings is 1. The Hall–Kier alpha value is -6.03. The largest absolute Gasteiger partial charge is 0.491 e. The van der Waals surface area contributed by atoms with Crippen LogP contribution in [0.5, 0.6) is 11.6 Å². The molecule has 4 saturated heterocycles. The van der Waals surface area contributed by atoms with Crippen molar-refractivity contribution in [1.29, 1.82) is 0 Å². The van der Waals surface area contributed by atoms with Crippen LogP contribution in [0, 0.1) is 21.4 Å². The Labute approximate surface area is 462 Å². The maximum atomic E-state index is 14.8. The molecule has 5 aliphatic heterocycles. The fourth-order valence-corrected chi connectivity index (χ4v) is 14.8. The summed E-state index contributed by atoms with van der Waals surface area (Å²) in [6.07, 6.45) is 11.3. The molecule has 3 atom stereocenters. The quantitative estimate of drug-likeness (QED) is 0.0604. The molecule has 2 aromatic heterocycles. The van der Waals surface area contributed by atoms with Gasteiger partial charge < -0.3 is 44.2 Å². The molecule has 0 bridgehead atoms. The molecule has 79 heavy (non-hydrogen) atoms. The van der Waals surface area contributed by atoms with Gasteiger partial charge in [0.15, 0.2) is 0 Å². The van der Waals surface area contributed by atoms with E-state index in [0.29, 0.717) is 74.0 Å². The number of amides is 1. The number of sulfonamides is 1. The molecule has 7 aliphatic rings. The number of aromatic amines is 1. The molecular formula is C59H75N9O10S. The zero-order chi connectivity index (χ0) is 54.6. The minimum atomic E-state index is -4.64. The van der Waals surface area contributed by atoms with Crippen molar-refractivity contribution in [2.45, 2.75) is 138 Å². The number of benzene rings is 3. The number of nitrogens with zero attached hydrogens (tertiary/aromatic N) is 6. The van der Waals surface area contributed by atoms with E-state index in [1.807, 2.05) is 42.3 Å². The van der Waals surface area contributed by atoms with Crippen molar-refractivity contribution >= 4 is 55.4 Å². The second-order valence-electron chi connectivity index (χ2n) is 23.9. The van der Waals surface area contributed by atoms with Crippen molar-refractivity contribution in [2.75, 3.05) is 80.8 Å². The van der Waals surface area contributed by atoms with E-state index in [-0.39, 0.29) is 46.9 Å². The normalized spacial score (nSPS) is 26.0. The van der Waals surface area contributed by atoms with Crippen LogP contribution < -0.4 is 29.3 Å². The van der Waals surface area contributed by atoms with Gasteiger partial charge in [-0.2, -0.15) is 4.98 Å². The number of fused-ring (bicyclic) bond motifs is 3. The van der Waals surface area contributed by atoms with Gasteiger partial charge in [0.05, 0.1) is 58.1 Å². The van der Waals surface area contributed by atoms with Crippen molar-refractivity contribution in [2.24, 2.45) is 11.3 Å². The number of para-hydroxylation sites is 1. The number of nitro benzene ring substituents is 1. The summed E-state index contributed by atoms with van der Waals surface area (Å²) in [7, 11) is -4.64. The van der Waals surface area contributed by atoms with Gasteiger partial charge in [-0.05, 0) is 145 Å². The number of hydrogen-bond donors (Lipinski definition) is 4. The molecule has 3 aromatic carbocycles. The second-order valence-corrected chi connectivity index (χ2v) is 25.6. The van der Waals surface area contributed by atoms with E-state index >= 15 is 0 Å². The van der Waals surface area contributed by atoms with Crippen LogP contribution >= 0.6 is 0 Å². The van der Waals surface area contributed by atoms with Crippen molar-refractivity contribution < 1.29 is 42.2 Å². The fraction of sp³-hybridized carbons (Fsp3) is 0.559. The highest BCUT2D eigenvalue weighted by atomic mass is 32.2. The Morgan fingerprint density at radius 1 is 0.911 bits per heavy atom. The Bertz CT molecular complexity index is 3160. The number of ether oxygens (including phenoxy) is 4. The van der Waals surface area contributed by atoms with Crippen LogP contribution in [-0.4, -0.2) is 146 Å². The van der Waals surface area contributed by atoms with Crippen molar-refractivity contribution in [3.63, 3.8) is 0 Å². The third kappa shape index (κ3) is 11.0. The SMILES string of the molecule is CC(C)Oc1ccccc1[C@H]1CN(C2CCOCC2)CCN1C1CC2(CCN(c3ccc(C(=O)NS(=O)(=O)c4ccc(NCC5CCC(C)(O)CC5)c([N+](=O)[O-])c4)c(N4c5cc6cc[nH]c6nc5O[C@H]5CCOC[C@@H]54)c3)CC2)C1. The van der Waals surface area contributed by atoms with Crippen LogP contribution in [0.25, 0.3) is 11.0 Å². The number of carbonyl (C=O) groups excluding carboxylic acids is 1. The zero-order valence-corrected chi connectivity index (χ0v) is 46.4. The molecule has 2 saturated carbocycles. The highest BCUT2D eigenvalue weighted by Crippen LogP contribution is 2.54. The van der Waals surface area contributed by atoms with Gasteiger partial charge in [0.2, 0.25) is 5.88 Å². The Morgan fingerprint density at radius 3 is 2.46 bits per heavy atom. The van der Waals surface area contributed by atoms with Gasteiger partial charge in [-0.15, -0.1) is 0 Å². The van der Waals surface area contributed by atoms with E-state index in [9.17, 15) is 28.4 Å². The molecule has 12 rings (SSSR count). The highest BCUT2D eigenvalue weighted by molar-refractivity contribution is 7.90. The standard InChI is InChI=1S/C59H75N9O10S/c1-38(2)77-53-7-5-4-6-45(53)51-36-65(41-15-27-75-28-16-41)25-26-66(51)43-33-59(34-43)20-23-64(24-21-59)42-8-10-46(48(31-42)67-50-30-40-14-22-60-55(40)62-57(50)78-54-17-29-76-37-52(54)67)56(69)63-79(73,74)44-9-11-47(49(32-44)68(71)72)61-35-39-12-18-58(3,70)19-13-39/h4-11,14,22,30-32,38-39,41,43,51-52,54,61,70H,12-13,15-21,23-29,33-37H2,1-3H3,(H,60,62)(H,63,69)/t39?,51-,52+,54+,58?/m1/s1. The molecule has 6 fully saturated rings. The van der Waals surface area contributed by atoms with E-state index in [0.717, 1.165) is 120 Å². The third-order valence-corrected chi connectivity index (χ3v) is 19.7. The number of piperazine rings is 1. The fourth-order valence-electron chi connectivity index (χ4n) is 13.9. The topological polar surface area (TPSA) is 217 Å². The molecule has 0 radical (unpaired) electrons. The van der Waals surface area contributed by atoms with Gasteiger partial charge in [-0.3, -0.25) is 24.7 Å². The molecule has 422 valence electrons. The van der Waals surface area contributed by atoms with Crippen LogP contribution in [0.15, 0.2) is 83.9 Å². The number of aromatic nitrogens is 2. The Morgan fingerprint density at radius 2 is 1.68 bits per heavy atom. The number of rotatable bonds is 14. The van der Waals surface area contributed by atoms with Gasteiger partial charge in [0.25, 0.3) is 21.6 Å². The summed E-state index contributed by atoms with van der Waals surface area (Å²) in [5, 5.41) is 26.8. The summed E-state index contributed by atoms with van der Waals surface area (Å²) in [5.74, 6) is 0.667. The first-order valence-electron chi connectivity index (χ1n) is 28.6. The molecule has 7 heterocycles. The Balaban J connectivity index is 0.804. The first-order chi connectivity index (χ1) is 38.1. The number of carbonyl (C=O) groups is 1. The minimum Gasteiger partial charge on any atom is -0.491 e. The van der Waals surface area contributed by atoms with E-state index in [4.69, 9.17) is 23.9 Å². The van der Waals surface area contributed by atoms with E-state index in [1.165, 1.54) is 17.7 Å². The third-order valence-electron chi connectivity index (χ3n) is 18.3. The number of H-pyrrole nitrogens is 1. The molecule has 20 heteroatoms. The number of hydrogen-bond acceptors (Lipinski definition) is 16. The number of piperidine rings is 1. The van der Waals surface area contributed by atoms with Crippen LogP contribution in [0.3, 0.4) is 0 Å². The lowest BCUT2D eigenvalue weighted by Crippen LogP contribution is -2.61. The Kier molecular flexibility index (Phi) is 14.8. The molecule has 1 spiro atoms. The minimum absolute atomic E-state index is 0.0711. The van der Waals surface area contributed by atoms with E-state index in [2.05, 4.69) is 67.8 Å². The summed E-state index contributed by atoms with van der Waals surface area (Å²) < 4.78 is 55.7. The maximum absolute atomic E-state index is 14.8. The maximum Gasteiger partial charge on any atom is 0.293 e. The number of anilines is 4. The predicted octanol–water partition coefficient (Wildman–Crippen LogP) is 8.71. The molecule has 0 unspecified atom stereocenters. The lowest BCUT2D eigenvalue weighted by Gasteiger charge is -2.59. The number of aliphatic hydroxyl groups is 1. The first-order valence-corrected chi connectivity index (χ1v) is 30.1. The lowest BCUT2D eigenvalue weighted by molar-refractivity contribution is -0.384. The summed E-state index contributed by atoms with van der Waals surface area (Å²) >= 11 is 0. The van der Waals surface area contributed by atoms with Gasteiger partial charge in [-0.25, -0.2) is 13.1 Å². The molecule has 5 aromatic rings. The summed E-state index contributed by atoms with van der Waals surface area (Å²) in [4.78, 5) is 44.2. The average Bonchev–Trinajstić information content (AvgIpc) is 3.91. The monoisotopic (exact) mass is 1100 g/mol. The number of nitro groups is 1. The summed E-state index contributed by atoms with van der Waals surface area (Å²) in [6.45, 7) is 13.5. The van der Waals surface area contributed by atoms with Gasteiger partial charge in [0, 0.05) is 99.9 Å². The van der Waals surface area contributed by atoms with Crippen LogP contribution in [0.1, 0.15) is 113 Å². The van der Waals surface area contributed by atoms with Crippen molar-refractivity contribution in [1.82, 2.24) is 24.5 Å². The second kappa shape index (κ2) is 21.8. The molecule has 1 amide bonds. The molecular weight excluding hydrogens is 1030 g/mol. The van der Waals surface area contributed by atoms with Gasteiger partial charge in [-0.1, -0.05) is 18.2 Å². The van der Waals surface area contributed by atoms with Gasteiger partial charge in [0.1, 0.15) is 28.9 Å². The van der Waals surface area contributed by atoms with Crippen LogP contribution in [-0.2, 0) is 19.5 Å². The lowest BCUT2D eigenvalue weighted by atomic mass is 9.59. The van der Waals surface area contributed by atoms with Crippen molar-refractivity contribution in [3.8, 4) is 11.6 Å². The zero-order valence-electron chi connectivity index (χ0n) is 45.6. The predicted molar refractivity (Wildman–Crippen MR) is 301 cm³/mol. The first kappa shape index (κ1) is 53.6. The average molecular weight is 1100 g/mol. The van der Waals surface area contributed by atoms with E-state index in [1.54, 1.807) is 6.07 Å². The molecule has 4 N–H and O–H groups in total. The van der Waals surface area contributed by atoms with Crippen LogP contribution in [0.4, 0.5) is 28.4 Å². The van der Waals surface area contributed by atoms with Gasteiger partial charge >= 0.3 is 0 Å². The highest BCUT2D eigenvalue weighted by Gasteiger charge is 2.51. The van der Waals surface area contributed by atoms with E-state index < -0.39 is 37.0 Å². The summed E-state index contributed by atoms with van der Waals surface area (Å²) in [6, 6.07) is 22.6. The number of nitrogens with one attached hydrogen (secondary N) is 3. The summed E-state index contributed by atoms with van der Waals surface area (Å²) in [5.41, 5.74) is 3.25. The van der Waals surface area contributed by atoms with Crippen molar-refractivity contribution in [3.05, 3.63) is 100 Å². The van der Waals surface area contributed by atoms with Crippen LogP contribution in [0.2, 0.25) is 0 Å². The molecule has 19 nitrogen and oxygen atoms in total.